The van der Waals surface area contributed by atoms with Gasteiger partial charge in [-0.1, -0.05) is 12.1 Å². The van der Waals surface area contributed by atoms with Crippen LogP contribution >= 0.6 is 0 Å². The first kappa shape index (κ1) is 11.5. The Hall–Kier alpha value is -2.56. The number of aromatic nitrogens is 1. The molecule has 0 saturated carbocycles. The maximum Gasteiger partial charge on any atom is 0.231 e. The molecule has 0 unspecified atom stereocenters. The number of rotatable bonds is 1. The van der Waals surface area contributed by atoms with Gasteiger partial charge in [0, 0.05) is 6.20 Å². The van der Waals surface area contributed by atoms with Gasteiger partial charge in [-0.15, -0.1) is 0 Å². The van der Waals surface area contributed by atoms with E-state index in [9.17, 15) is 9.18 Å². The van der Waals surface area contributed by atoms with Gasteiger partial charge >= 0.3 is 0 Å². The first-order valence-corrected chi connectivity index (χ1v) is 5.81. The summed E-state index contributed by atoms with van der Waals surface area (Å²) in [7, 11) is 0. The molecule has 0 saturated heterocycles. The van der Waals surface area contributed by atoms with Gasteiger partial charge in [-0.3, -0.25) is 4.79 Å². The van der Waals surface area contributed by atoms with E-state index in [0.29, 0.717) is 17.2 Å². The Morgan fingerprint density at radius 1 is 1.16 bits per heavy atom. The largest absolute Gasteiger partial charge is 0.309 e. The van der Waals surface area contributed by atoms with Crippen LogP contribution in [0.3, 0.4) is 0 Å². The monoisotopic (exact) mass is 255 g/mol. The molecule has 2 heterocycles. The van der Waals surface area contributed by atoms with Crippen molar-refractivity contribution >= 4 is 23.1 Å². The summed E-state index contributed by atoms with van der Waals surface area (Å²) in [5.74, 6) is -0.0466. The van der Waals surface area contributed by atoms with Crippen LogP contribution in [-0.4, -0.2) is 16.6 Å². The Balaban J connectivity index is 2.08. The lowest BCUT2D eigenvalue weighted by Crippen LogP contribution is -2.15. The van der Waals surface area contributed by atoms with E-state index in [2.05, 4.69) is 15.3 Å². The van der Waals surface area contributed by atoms with Crippen molar-refractivity contribution in [2.24, 2.45) is 4.99 Å². The Morgan fingerprint density at radius 3 is 2.74 bits per heavy atom. The summed E-state index contributed by atoms with van der Waals surface area (Å²) < 4.78 is 12.9. The first-order chi connectivity index (χ1) is 9.22. The second-order valence-electron chi connectivity index (χ2n) is 4.16. The van der Waals surface area contributed by atoms with Crippen molar-refractivity contribution in [3.05, 3.63) is 54.0 Å². The topological polar surface area (TPSA) is 54.4 Å². The van der Waals surface area contributed by atoms with Crippen LogP contribution in [0.15, 0.2) is 47.6 Å². The van der Waals surface area contributed by atoms with Crippen LogP contribution < -0.4 is 5.32 Å². The maximum atomic E-state index is 12.9. The zero-order chi connectivity index (χ0) is 13.2. The molecule has 2 aromatic rings. The van der Waals surface area contributed by atoms with E-state index in [1.54, 1.807) is 30.5 Å². The molecule has 94 valence electrons. The normalized spacial score (nSPS) is 14.2. The minimum absolute atomic E-state index is 0.141. The summed E-state index contributed by atoms with van der Waals surface area (Å²) >= 11 is 0. The number of nitrogens with zero attached hydrogens (tertiary/aromatic N) is 2. The molecule has 0 spiro atoms. The van der Waals surface area contributed by atoms with E-state index in [0.717, 1.165) is 5.56 Å². The van der Waals surface area contributed by atoms with E-state index >= 15 is 0 Å². The van der Waals surface area contributed by atoms with Gasteiger partial charge in [-0.25, -0.2) is 14.4 Å². The Labute approximate surface area is 109 Å². The molecule has 1 aromatic carbocycles. The zero-order valence-corrected chi connectivity index (χ0v) is 9.93. The highest BCUT2D eigenvalue weighted by molar-refractivity contribution is 6.16. The van der Waals surface area contributed by atoms with E-state index in [-0.39, 0.29) is 18.1 Å². The van der Waals surface area contributed by atoms with Gasteiger partial charge < -0.3 is 5.32 Å². The second kappa shape index (κ2) is 4.61. The number of amides is 1. The fourth-order valence-corrected chi connectivity index (χ4v) is 1.91. The number of nitrogens with one attached hydrogen (secondary N) is 1. The lowest BCUT2D eigenvalue weighted by atomic mass is 10.1. The molecule has 0 aliphatic carbocycles. The molecule has 1 N–H and O–H groups in total. The standard InChI is InChI=1S/C14H10FN3O/c15-10-5-3-9(4-6-10)12-8-13(19)18-14-11(17-12)2-1-7-16-14/h1-7H,8H2,(H,16,18,19). The van der Waals surface area contributed by atoms with Crippen molar-refractivity contribution in [1.29, 1.82) is 0 Å². The molecule has 1 aromatic heterocycles. The summed E-state index contributed by atoms with van der Waals surface area (Å²) in [4.78, 5) is 20.3. The number of benzene rings is 1. The molecule has 1 aliphatic rings. The number of fused-ring (bicyclic) bond motifs is 1. The summed E-state index contributed by atoms with van der Waals surface area (Å²) in [6.07, 6.45) is 1.74. The van der Waals surface area contributed by atoms with Gasteiger partial charge in [0.1, 0.15) is 11.5 Å². The zero-order valence-electron chi connectivity index (χ0n) is 9.93. The summed E-state index contributed by atoms with van der Waals surface area (Å²) in [5.41, 5.74) is 1.94. The fraction of sp³-hybridized carbons (Fsp3) is 0.0714. The van der Waals surface area contributed by atoms with Crippen LogP contribution in [0.1, 0.15) is 12.0 Å². The van der Waals surface area contributed by atoms with Crippen molar-refractivity contribution in [2.75, 3.05) is 5.32 Å². The highest BCUT2D eigenvalue weighted by Crippen LogP contribution is 2.26. The van der Waals surface area contributed by atoms with Crippen molar-refractivity contribution in [1.82, 2.24) is 4.98 Å². The molecular formula is C14H10FN3O. The second-order valence-corrected chi connectivity index (χ2v) is 4.16. The predicted octanol–water partition coefficient (Wildman–Crippen LogP) is 2.68. The van der Waals surface area contributed by atoms with Crippen LogP contribution in [-0.2, 0) is 4.79 Å². The third-order valence-electron chi connectivity index (χ3n) is 2.81. The van der Waals surface area contributed by atoms with E-state index in [4.69, 9.17) is 0 Å². The molecule has 0 atom stereocenters. The molecule has 1 amide bonds. The number of carbonyl (C=O) groups excluding carboxylic acids is 1. The summed E-state index contributed by atoms with van der Waals surface area (Å²) in [5, 5.41) is 2.69. The summed E-state index contributed by atoms with van der Waals surface area (Å²) in [6.45, 7) is 0. The van der Waals surface area contributed by atoms with Crippen molar-refractivity contribution in [2.45, 2.75) is 6.42 Å². The first-order valence-electron chi connectivity index (χ1n) is 5.81. The molecule has 19 heavy (non-hydrogen) atoms. The van der Waals surface area contributed by atoms with Crippen molar-refractivity contribution in [3.63, 3.8) is 0 Å². The van der Waals surface area contributed by atoms with Crippen LogP contribution in [0, 0.1) is 5.82 Å². The minimum Gasteiger partial charge on any atom is -0.309 e. The Morgan fingerprint density at radius 2 is 1.95 bits per heavy atom. The third kappa shape index (κ3) is 2.35. The molecule has 3 rings (SSSR count). The molecule has 0 bridgehead atoms. The Bertz CT molecular complexity index is 665. The lowest BCUT2D eigenvalue weighted by Gasteiger charge is -2.02. The number of carbonyl (C=O) groups is 1. The number of aliphatic imine (C=N–C) groups is 1. The molecule has 0 fully saturated rings. The molecule has 1 aliphatic heterocycles. The minimum atomic E-state index is -0.315. The van der Waals surface area contributed by atoms with Crippen LogP contribution in [0.2, 0.25) is 0 Å². The average molecular weight is 255 g/mol. The smallest absolute Gasteiger partial charge is 0.231 e. The van der Waals surface area contributed by atoms with Crippen molar-refractivity contribution < 1.29 is 9.18 Å². The van der Waals surface area contributed by atoms with Gasteiger partial charge in [0.15, 0.2) is 5.82 Å². The van der Waals surface area contributed by atoms with Crippen molar-refractivity contribution in [3.8, 4) is 0 Å². The highest BCUT2D eigenvalue weighted by Gasteiger charge is 2.17. The van der Waals surface area contributed by atoms with E-state index < -0.39 is 0 Å². The van der Waals surface area contributed by atoms with Gasteiger partial charge in [0.2, 0.25) is 5.91 Å². The number of hydrogen-bond donors (Lipinski definition) is 1. The van der Waals surface area contributed by atoms with Gasteiger partial charge in [-0.05, 0) is 29.8 Å². The van der Waals surface area contributed by atoms with E-state index in [1.165, 1.54) is 12.1 Å². The van der Waals surface area contributed by atoms with Crippen LogP contribution in [0.25, 0.3) is 0 Å². The molecule has 0 radical (unpaired) electrons. The highest BCUT2D eigenvalue weighted by atomic mass is 19.1. The average Bonchev–Trinajstić information content (AvgIpc) is 2.57. The maximum absolute atomic E-state index is 12.9. The SMILES string of the molecule is O=C1CC(c2ccc(F)cc2)=Nc2cccnc2N1. The number of pyridine rings is 1. The Kier molecular flexibility index (Phi) is 2.79. The van der Waals surface area contributed by atoms with Gasteiger partial charge in [0.25, 0.3) is 0 Å². The molecular weight excluding hydrogens is 245 g/mol. The summed E-state index contributed by atoms with van der Waals surface area (Å²) in [6, 6.07) is 9.46. The van der Waals surface area contributed by atoms with Crippen LogP contribution in [0.5, 0.6) is 0 Å². The fourth-order valence-electron chi connectivity index (χ4n) is 1.91. The molecule has 4 nitrogen and oxygen atoms in total. The van der Waals surface area contributed by atoms with Gasteiger partial charge in [0.05, 0.1) is 12.1 Å². The quantitative estimate of drug-likeness (QED) is 0.851. The number of halogens is 1. The molecule has 5 heteroatoms. The van der Waals surface area contributed by atoms with Gasteiger partial charge in [-0.2, -0.15) is 0 Å². The van der Waals surface area contributed by atoms with E-state index in [1.807, 2.05) is 0 Å². The number of hydrogen-bond acceptors (Lipinski definition) is 3. The lowest BCUT2D eigenvalue weighted by molar-refractivity contribution is -0.115. The number of anilines is 1. The van der Waals surface area contributed by atoms with Crippen LogP contribution in [0.4, 0.5) is 15.9 Å². The third-order valence-corrected chi connectivity index (χ3v) is 2.81. The predicted molar refractivity (Wildman–Crippen MR) is 70.1 cm³/mol.